The fourth-order valence-corrected chi connectivity index (χ4v) is 2.74. The largest absolute Gasteiger partial charge is 0.497 e. The third kappa shape index (κ3) is 10.2. The second kappa shape index (κ2) is 13.8. The molecule has 2 rings (SSSR count). The number of methoxy groups -OCH3 is 1. The van der Waals surface area contributed by atoms with Crippen LogP contribution in [0, 0.1) is 0 Å². The summed E-state index contributed by atoms with van der Waals surface area (Å²) in [6, 6.07) is 15.5. The molecule has 32 heavy (non-hydrogen) atoms. The van der Waals surface area contributed by atoms with Gasteiger partial charge in [0.2, 0.25) is 5.91 Å². The third-order valence-corrected chi connectivity index (χ3v) is 4.21. The van der Waals surface area contributed by atoms with Crippen molar-refractivity contribution < 1.29 is 14.3 Å². The molecule has 8 heteroatoms. The van der Waals surface area contributed by atoms with Gasteiger partial charge in [0.1, 0.15) is 17.1 Å². The van der Waals surface area contributed by atoms with Gasteiger partial charge in [0.05, 0.1) is 20.2 Å². The Morgan fingerprint density at radius 3 is 2.31 bits per heavy atom. The van der Waals surface area contributed by atoms with E-state index in [4.69, 9.17) is 9.47 Å². The van der Waals surface area contributed by atoms with E-state index in [9.17, 15) is 4.79 Å². The molecule has 0 heterocycles. The number of rotatable bonds is 9. The number of benzene rings is 2. The Bertz CT molecular complexity index is 864. The van der Waals surface area contributed by atoms with Crippen molar-refractivity contribution in [3.8, 4) is 11.5 Å². The van der Waals surface area contributed by atoms with Gasteiger partial charge in [0.15, 0.2) is 5.96 Å². The average molecular weight is 554 g/mol. The summed E-state index contributed by atoms with van der Waals surface area (Å²) in [7, 11) is 1.63. The number of carbonyl (C=O) groups is 1. The first kappa shape index (κ1) is 27.5. The number of nitrogens with one attached hydrogen (secondary N) is 3. The number of hydrogen-bond acceptors (Lipinski definition) is 4. The lowest BCUT2D eigenvalue weighted by molar-refractivity contribution is -0.120. The Morgan fingerprint density at radius 2 is 1.69 bits per heavy atom. The molecule has 0 saturated carbocycles. The molecule has 2 aromatic rings. The Morgan fingerprint density at radius 1 is 1.00 bits per heavy atom. The highest BCUT2D eigenvalue weighted by molar-refractivity contribution is 14.0. The first-order valence-electron chi connectivity index (χ1n) is 10.5. The van der Waals surface area contributed by atoms with Crippen molar-refractivity contribution in [2.24, 2.45) is 4.99 Å². The van der Waals surface area contributed by atoms with Crippen LogP contribution in [0.1, 0.15) is 38.8 Å². The second-order valence-electron chi connectivity index (χ2n) is 8.00. The molecule has 0 radical (unpaired) electrons. The van der Waals surface area contributed by atoms with Crippen molar-refractivity contribution in [3.63, 3.8) is 0 Å². The highest BCUT2D eigenvalue weighted by Gasteiger charge is 2.14. The Hall–Kier alpha value is -2.49. The van der Waals surface area contributed by atoms with Crippen molar-refractivity contribution in [1.82, 2.24) is 16.0 Å². The number of carbonyl (C=O) groups excluding carboxylic acids is 1. The van der Waals surface area contributed by atoms with Crippen molar-refractivity contribution >= 4 is 35.8 Å². The van der Waals surface area contributed by atoms with Crippen LogP contribution in [-0.2, 0) is 17.9 Å². The van der Waals surface area contributed by atoms with Crippen LogP contribution in [0.2, 0.25) is 0 Å². The maximum atomic E-state index is 12.2. The molecule has 0 fully saturated rings. The van der Waals surface area contributed by atoms with E-state index in [2.05, 4.69) is 20.9 Å². The highest BCUT2D eigenvalue weighted by atomic mass is 127. The molecule has 0 atom stereocenters. The van der Waals surface area contributed by atoms with Gasteiger partial charge >= 0.3 is 0 Å². The number of para-hydroxylation sites is 1. The summed E-state index contributed by atoms with van der Waals surface area (Å²) in [6.07, 6.45) is 0. The Labute approximate surface area is 208 Å². The van der Waals surface area contributed by atoms with Gasteiger partial charge in [-0.3, -0.25) is 4.79 Å². The number of hydrogen-bond donors (Lipinski definition) is 3. The van der Waals surface area contributed by atoms with Crippen molar-refractivity contribution in [1.29, 1.82) is 0 Å². The summed E-state index contributed by atoms with van der Waals surface area (Å²) >= 11 is 0. The standard InChI is InChI=1S/C24H34N4O3.HI/c1-6-25-23(27-16-19-9-7-8-10-21(19)31-24(2,3)4)28-17-22(29)26-15-18-11-13-20(30-5)14-12-18;/h7-14H,6,15-17H2,1-5H3,(H,26,29)(H2,25,27,28);1H. The molecule has 0 aliphatic carbocycles. The van der Waals surface area contributed by atoms with E-state index in [0.717, 1.165) is 22.6 Å². The smallest absolute Gasteiger partial charge is 0.239 e. The summed E-state index contributed by atoms with van der Waals surface area (Å²) < 4.78 is 11.2. The molecular formula is C24H35IN4O3. The zero-order valence-electron chi connectivity index (χ0n) is 19.5. The van der Waals surface area contributed by atoms with Gasteiger partial charge in [-0.05, 0) is 51.5 Å². The number of halogens is 1. The Kier molecular flexibility index (Phi) is 11.9. The predicted octanol–water partition coefficient (Wildman–Crippen LogP) is 3.86. The van der Waals surface area contributed by atoms with E-state index >= 15 is 0 Å². The first-order valence-corrected chi connectivity index (χ1v) is 10.5. The minimum Gasteiger partial charge on any atom is -0.497 e. The van der Waals surface area contributed by atoms with Crippen LogP contribution in [0.15, 0.2) is 53.5 Å². The number of ether oxygens (including phenoxy) is 2. The number of guanidine groups is 1. The van der Waals surface area contributed by atoms with E-state index < -0.39 is 0 Å². The SMILES string of the molecule is CCNC(=NCc1ccccc1OC(C)(C)C)NCC(=O)NCc1ccc(OC)cc1.I. The van der Waals surface area contributed by atoms with Crippen LogP contribution in [-0.4, -0.2) is 37.7 Å². The molecule has 0 unspecified atom stereocenters. The molecular weight excluding hydrogens is 519 g/mol. The average Bonchev–Trinajstić information content (AvgIpc) is 2.74. The number of nitrogens with zero attached hydrogens (tertiary/aromatic N) is 1. The minimum atomic E-state index is -0.287. The number of amides is 1. The van der Waals surface area contributed by atoms with E-state index in [0.29, 0.717) is 25.6 Å². The van der Waals surface area contributed by atoms with Crippen molar-refractivity contribution in [2.45, 2.75) is 46.4 Å². The minimum absolute atomic E-state index is 0. The molecule has 0 aromatic heterocycles. The lowest BCUT2D eigenvalue weighted by Crippen LogP contribution is -2.43. The van der Waals surface area contributed by atoms with Crippen molar-refractivity contribution in [2.75, 3.05) is 20.2 Å². The monoisotopic (exact) mass is 554 g/mol. The molecule has 2 aromatic carbocycles. The molecule has 7 nitrogen and oxygen atoms in total. The first-order chi connectivity index (χ1) is 14.8. The van der Waals surface area contributed by atoms with Gasteiger partial charge in [-0.15, -0.1) is 24.0 Å². The summed E-state index contributed by atoms with van der Waals surface area (Å²) in [6.45, 7) is 9.75. The quantitative estimate of drug-likeness (QED) is 0.249. The van der Waals surface area contributed by atoms with Gasteiger partial charge in [-0.25, -0.2) is 4.99 Å². The van der Waals surface area contributed by atoms with Gasteiger partial charge in [0.25, 0.3) is 0 Å². The van der Waals surface area contributed by atoms with E-state index in [1.54, 1.807) is 7.11 Å². The van der Waals surface area contributed by atoms with E-state index in [1.165, 1.54) is 0 Å². The van der Waals surface area contributed by atoms with Gasteiger partial charge < -0.3 is 25.4 Å². The van der Waals surface area contributed by atoms with Crippen LogP contribution in [0.25, 0.3) is 0 Å². The molecule has 0 spiro atoms. The van der Waals surface area contributed by atoms with Crippen LogP contribution in [0.3, 0.4) is 0 Å². The summed E-state index contributed by atoms with van der Waals surface area (Å²) in [5.41, 5.74) is 1.70. The summed E-state index contributed by atoms with van der Waals surface area (Å²) in [5.74, 6) is 2.06. The summed E-state index contributed by atoms with van der Waals surface area (Å²) in [4.78, 5) is 16.8. The van der Waals surface area contributed by atoms with E-state index in [1.807, 2.05) is 76.2 Å². The number of aliphatic imine (C=N–C) groups is 1. The van der Waals surface area contributed by atoms with Gasteiger partial charge in [0, 0.05) is 18.7 Å². The maximum Gasteiger partial charge on any atom is 0.239 e. The van der Waals surface area contributed by atoms with Crippen LogP contribution >= 0.6 is 24.0 Å². The zero-order chi connectivity index (χ0) is 22.7. The fourth-order valence-electron chi connectivity index (χ4n) is 2.74. The Balaban J connectivity index is 0.00000512. The van der Waals surface area contributed by atoms with Crippen molar-refractivity contribution in [3.05, 3.63) is 59.7 Å². The highest BCUT2D eigenvalue weighted by Crippen LogP contribution is 2.23. The molecule has 0 aliphatic heterocycles. The molecule has 176 valence electrons. The molecule has 0 bridgehead atoms. The van der Waals surface area contributed by atoms with E-state index in [-0.39, 0.29) is 42.0 Å². The predicted molar refractivity (Wildman–Crippen MR) is 140 cm³/mol. The zero-order valence-corrected chi connectivity index (χ0v) is 21.9. The second-order valence-corrected chi connectivity index (χ2v) is 8.00. The normalized spacial score (nSPS) is 11.2. The van der Waals surface area contributed by atoms with Crippen LogP contribution in [0.5, 0.6) is 11.5 Å². The lowest BCUT2D eigenvalue weighted by atomic mass is 10.1. The van der Waals surface area contributed by atoms with Gasteiger partial charge in [-0.2, -0.15) is 0 Å². The fraction of sp³-hybridized carbons (Fsp3) is 0.417. The summed E-state index contributed by atoms with van der Waals surface area (Å²) in [5, 5.41) is 9.14. The maximum absolute atomic E-state index is 12.2. The third-order valence-electron chi connectivity index (χ3n) is 4.21. The van der Waals surface area contributed by atoms with Crippen LogP contribution in [0.4, 0.5) is 0 Å². The van der Waals surface area contributed by atoms with Crippen LogP contribution < -0.4 is 25.4 Å². The molecule has 3 N–H and O–H groups in total. The topological polar surface area (TPSA) is 84.0 Å². The lowest BCUT2D eigenvalue weighted by Gasteiger charge is -2.23. The van der Waals surface area contributed by atoms with Gasteiger partial charge in [-0.1, -0.05) is 30.3 Å². The molecule has 0 aliphatic rings. The molecule has 1 amide bonds. The molecule has 0 saturated heterocycles.